The van der Waals surface area contributed by atoms with Crippen LogP contribution in [0.15, 0.2) is 29.8 Å². The third kappa shape index (κ3) is 2.41. The van der Waals surface area contributed by atoms with E-state index in [-0.39, 0.29) is 17.8 Å². The molecule has 0 saturated carbocycles. The Hall–Kier alpha value is -1.81. The number of rotatable bonds is 3. The maximum Gasteiger partial charge on any atom is 0.335 e. The highest BCUT2D eigenvalue weighted by Gasteiger charge is 2.30. The van der Waals surface area contributed by atoms with E-state index in [1.807, 2.05) is 0 Å². The Morgan fingerprint density at radius 3 is 2.62 bits per heavy atom. The van der Waals surface area contributed by atoms with Gasteiger partial charge in [0.05, 0.1) is 18.7 Å². The van der Waals surface area contributed by atoms with E-state index in [1.165, 1.54) is 7.11 Å². The molecule has 0 spiro atoms. The summed E-state index contributed by atoms with van der Waals surface area (Å²) in [5, 5.41) is 12.2. The molecule has 16 heavy (non-hydrogen) atoms. The standard InChI is InChI=1S/C12H13NO3/c1-16-12(15)10(11-7-13-11)6-8-2-4-9(14)5-3-8/h2-6,11,13-14H,7H2,1H3/b10-6+. The van der Waals surface area contributed by atoms with Gasteiger partial charge >= 0.3 is 5.97 Å². The number of phenolic OH excluding ortho intramolecular Hbond substituents is 1. The zero-order chi connectivity index (χ0) is 11.5. The molecule has 2 N–H and O–H groups in total. The lowest BCUT2D eigenvalue weighted by atomic mass is 10.1. The zero-order valence-corrected chi connectivity index (χ0v) is 8.93. The van der Waals surface area contributed by atoms with Gasteiger partial charge in [-0.25, -0.2) is 4.79 Å². The van der Waals surface area contributed by atoms with E-state index in [4.69, 9.17) is 9.84 Å². The average molecular weight is 219 g/mol. The molecule has 1 fully saturated rings. The molecular formula is C12H13NO3. The van der Waals surface area contributed by atoms with Crippen molar-refractivity contribution in [2.24, 2.45) is 0 Å². The van der Waals surface area contributed by atoms with Crippen LogP contribution in [0.4, 0.5) is 0 Å². The number of hydrogen-bond donors (Lipinski definition) is 2. The zero-order valence-electron chi connectivity index (χ0n) is 8.93. The summed E-state index contributed by atoms with van der Waals surface area (Å²) in [6, 6.07) is 6.77. The van der Waals surface area contributed by atoms with Crippen LogP contribution in [0.1, 0.15) is 5.56 Å². The van der Waals surface area contributed by atoms with Gasteiger partial charge in [0.15, 0.2) is 0 Å². The Balaban J connectivity index is 2.25. The summed E-state index contributed by atoms with van der Waals surface area (Å²) in [6.45, 7) is 0.805. The lowest BCUT2D eigenvalue weighted by Crippen LogP contribution is -2.11. The topological polar surface area (TPSA) is 68.5 Å². The number of carbonyl (C=O) groups excluding carboxylic acids is 1. The minimum absolute atomic E-state index is 0.0984. The predicted octanol–water partition coefficient (Wildman–Crippen LogP) is 0.920. The van der Waals surface area contributed by atoms with Gasteiger partial charge < -0.3 is 15.2 Å². The van der Waals surface area contributed by atoms with Crippen molar-refractivity contribution >= 4 is 12.0 Å². The molecule has 1 heterocycles. The van der Waals surface area contributed by atoms with Crippen molar-refractivity contribution in [2.75, 3.05) is 13.7 Å². The van der Waals surface area contributed by atoms with Gasteiger partial charge in [0, 0.05) is 6.54 Å². The molecule has 0 radical (unpaired) electrons. The van der Waals surface area contributed by atoms with Gasteiger partial charge in [-0.15, -0.1) is 0 Å². The number of hydrogen-bond acceptors (Lipinski definition) is 4. The first kappa shape index (κ1) is 10.7. The van der Waals surface area contributed by atoms with E-state index in [0.29, 0.717) is 5.57 Å². The van der Waals surface area contributed by atoms with Gasteiger partial charge in [0.25, 0.3) is 0 Å². The van der Waals surface area contributed by atoms with Crippen molar-refractivity contribution in [1.82, 2.24) is 5.32 Å². The van der Waals surface area contributed by atoms with Gasteiger partial charge in [-0.2, -0.15) is 0 Å². The van der Waals surface area contributed by atoms with E-state index < -0.39 is 0 Å². The van der Waals surface area contributed by atoms with Crippen molar-refractivity contribution in [3.8, 4) is 5.75 Å². The molecule has 1 aliphatic heterocycles. The monoisotopic (exact) mass is 219 g/mol. The van der Waals surface area contributed by atoms with Crippen LogP contribution in [0.25, 0.3) is 6.08 Å². The summed E-state index contributed by atoms with van der Waals surface area (Å²) in [7, 11) is 1.37. The molecule has 4 nitrogen and oxygen atoms in total. The van der Waals surface area contributed by atoms with Crippen molar-refractivity contribution in [2.45, 2.75) is 6.04 Å². The minimum Gasteiger partial charge on any atom is -0.508 e. The van der Waals surface area contributed by atoms with Crippen LogP contribution in [0, 0.1) is 0 Å². The van der Waals surface area contributed by atoms with Gasteiger partial charge in [-0.3, -0.25) is 0 Å². The van der Waals surface area contributed by atoms with E-state index in [0.717, 1.165) is 12.1 Å². The molecule has 0 aliphatic carbocycles. The summed E-state index contributed by atoms with van der Waals surface area (Å²) >= 11 is 0. The molecule has 1 atom stereocenters. The molecule has 1 aliphatic rings. The Kier molecular flexibility index (Phi) is 2.92. The molecule has 0 amide bonds. The van der Waals surface area contributed by atoms with Gasteiger partial charge in [0.1, 0.15) is 5.75 Å². The SMILES string of the molecule is COC(=O)/C(=C/c1ccc(O)cc1)C1CN1. The minimum atomic E-state index is -0.317. The van der Waals surface area contributed by atoms with Crippen LogP contribution in [0.2, 0.25) is 0 Å². The highest BCUT2D eigenvalue weighted by molar-refractivity contribution is 5.95. The average Bonchev–Trinajstić information content (AvgIpc) is 3.11. The molecule has 4 heteroatoms. The van der Waals surface area contributed by atoms with Crippen molar-refractivity contribution in [1.29, 1.82) is 0 Å². The largest absolute Gasteiger partial charge is 0.508 e. The molecular weight excluding hydrogens is 206 g/mol. The maximum atomic E-state index is 11.5. The normalized spacial score (nSPS) is 19.3. The number of aromatic hydroxyl groups is 1. The molecule has 1 aromatic carbocycles. The van der Waals surface area contributed by atoms with Gasteiger partial charge in [-0.05, 0) is 23.8 Å². The number of benzene rings is 1. The second-order valence-electron chi connectivity index (χ2n) is 3.64. The first-order valence-electron chi connectivity index (χ1n) is 5.03. The Morgan fingerprint density at radius 2 is 2.12 bits per heavy atom. The first-order chi connectivity index (χ1) is 7.70. The lowest BCUT2D eigenvalue weighted by molar-refractivity contribution is -0.136. The summed E-state index contributed by atoms with van der Waals surface area (Å²) in [4.78, 5) is 11.5. The fourth-order valence-corrected chi connectivity index (χ4v) is 1.45. The van der Waals surface area contributed by atoms with Crippen LogP contribution >= 0.6 is 0 Å². The van der Waals surface area contributed by atoms with Crippen LogP contribution < -0.4 is 5.32 Å². The lowest BCUT2D eigenvalue weighted by Gasteiger charge is -2.03. The Bertz CT molecular complexity index is 418. The van der Waals surface area contributed by atoms with E-state index in [2.05, 4.69) is 5.32 Å². The number of nitrogens with one attached hydrogen (secondary N) is 1. The molecule has 1 unspecified atom stereocenters. The number of carbonyl (C=O) groups is 1. The summed E-state index contributed by atoms with van der Waals surface area (Å²) in [5.74, 6) is -0.107. The Morgan fingerprint density at radius 1 is 1.50 bits per heavy atom. The number of phenols is 1. The summed E-state index contributed by atoms with van der Waals surface area (Å²) in [6.07, 6.45) is 1.77. The van der Waals surface area contributed by atoms with Gasteiger partial charge in [-0.1, -0.05) is 12.1 Å². The van der Waals surface area contributed by atoms with Crippen LogP contribution in [0.3, 0.4) is 0 Å². The predicted molar refractivity (Wildman–Crippen MR) is 59.9 cm³/mol. The van der Waals surface area contributed by atoms with E-state index in [1.54, 1.807) is 30.3 Å². The molecule has 0 bridgehead atoms. The first-order valence-corrected chi connectivity index (χ1v) is 5.03. The smallest absolute Gasteiger partial charge is 0.335 e. The molecule has 1 aromatic rings. The second kappa shape index (κ2) is 4.37. The molecule has 2 rings (SSSR count). The fourth-order valence-electron chi connectivity index (χ4n) is 1.45. The number of methoxy groups -OCH3 is 1. The molecule has 0 aromatic heterocycles. The Labute approximate surface area is 93.5 Å². The van der Waals surface area contributed by atoms with E-state index >= 15 is 0 Å². The maximum absolute atomic E-state index is 11.5. The quantitative estimate of drug-likeness (QED) is 0.450. The van der Waals surface area contributed by atoms with Crippen molar-refractivity contribution in [3.05, 3.63) is 35.4 Å². The third-order valence-electron chi connectivity index (χ3n) is 2.42. The summed E-state index contributed by atoms with van der Waals surface area (Å²) in [5.41, 5.74) is 1.49. The van der Waals surface area contributed by atoms with Crippen LogP contribution in [0.5, 0.6) is 5.75 Å². The van der Waals surface area contributed by atoms with Crippen LogP contribution in [-0.2, 0) is 9.53 Å². The second-order valence-corrected chi connectivity index (χ2v) is 3.64. The van der Waals surface area contributed by atoms with Crippen molar-refractivity contribution < 1.29 is 14.6 Å². The van der Waals surface area contributed by atoms with Crippen molar-refractivity contribution in [3.63, 3.8) is 0 Å². The highest BCUT2D eigenvalue weighted by atomic mass is 16.5. The van der Waals surface area contributed by atoms with Gasteiger partial charge in [0.2, 0.25) is 0 Å². The molecule has 84 valence electrons. The fraction of sp³-hybridized carbons (Fsp3) is 0.250. The summed E-state index contributed by atoms with van der Waals surface area (Å²) < 4.78 is 4.71. The highest BCUT2D eigenvalue weighted by Crippen LogP contribution is 2.18. The number of ether oxygens (including phenoxy) is 1. The van der Waals surface area contributed by atoms with E-state index in [9.17, 15) is 4.79 Å². The van der Waals surface area contributed by atoms with Crippen LogP contribution in [-0.4, -0.2) is 30.8 Å². The molecule has 1 saturated heterocycles. The number of esters is 1. The third-order valence-corrected chi connectivity index (χ3v) is 2.42.